The van der Waals surface area contributed by atoms with E-state index in [-0.39, 0.29) is 29.1 Å². The summed E-state index contributed by atoms with van der Waals surface area (Å²) in [4.78, 5) is 13.8. The van der Waals surface area contributed by atoms with Crippen molar-refractivity contribution in [2.24, 2.45) is 0 Å². The number of anilines is 1. The van der Waals surface area contributed by atoms with Crippen molar-refractivity contribution in [3.05, 3.63) is 58.6 Å². The van der Waals surface area contributed by atoms with Gasteiger partial charge >= 0.3 is 0 Å². The molecule has 28 heavy (non-hydrogen) atoms. The van der Waals surface area contributed by atoms with E-state index in [9.17, 15) is 13.2 Å². The summed E-state index contributed by atoms with van der Waals surface area (Å²) in [5, 5.41) is 9.36. The smallest absolute Gasteiger partial charge is 0.276 e. The summed E-state index contributed by atoms with van der Waals surface area (Å²) in [6.45, 7) is 3.96. The van der Waals surface area contributed by atoms with Gasteiger partial charge in [0.1, 0.15) is 0 Å². The first kappa shape index (κ1) is 18.9. The average Bonchev–Trinajstić information content (AvgIpc) is 3.31. The number of amides is 1. The van der Waals surface area contributed by atoms with Crippen LogP contribution in [0.1, 0.15) is 34.1 Å². The van der Waals surface area contributed by atoms with Gasteiger partial charge < -0.3 is 5.32 Å². The number of carbonyl (C=O) groups is 1. The lowest BCUT2D eigenvalue weighted by Gasteiger charge is -2.12. The van der Waals surface area contributed by atoms with E-state index in [1.165, 1.54) is 11.3 Å². The molecule has 3 heterocycles. The normalized spacial score (nSPS) is 18.3. The number of hydrogen-bond acceptors (Lipinski definition) is 5. The van der Waals surface area contributed by atoms with Gasteiger partial charge in [-0.1, -0.05) is 12.1 Å². The van der Waals surface area contributed by atoms with Crippen LogP contribution in [0.15, 0.2) is 41.8 Å². The number of hydrogen-bond donors (Lipinski definition) is 1. The summed E-state index contributed by atoms with van der Waals surface area (Å²) in [7, 11) is -3.06. The van der Waals surface area contributed by atoms with E-state index in [0.717, 1.165) is 27.4 Å². The quantitative estimate of drug-likeness (QED) is 0.702. The van der Waals surface area contributed by atoms with Gasteiger partial charge in [-0.2, -0.15) is 5.10 Å². The Morgan fingerprint density at radius 2 is 1.96 bits per heavy atom. The monoisotopic (exact) mass is 415 g/mol. The van der Waals surface area contributed by atoms with Crippen molar-refractivity contribution in [1.82, 2.24) is 9.78 Å². The topological polar surface area (TPSA) is 81.1 Å². The molecule has 0 bridgehead atoms. The Kier molecular flexibility index (Phi) is 4.84. The van der Waals surface area contributed by atoms with E-state index in [1.807, 2.05) is 49.6 Å². The molecule has 0 radical (unpaired) electrons. The van der Waals surface area contributed by atoms with Gasteiger partial charge in [-0.05, 0) is 61.0 Å². The molecule has 4 rings (SSSR count). The molecule has 0 unspecified atom stereocenters. The van der Waals surface area contributed by atoms with Crippen LogP contribution in [0.2, 0.25) is 0 Å². The second-order valence-electron chi connectivity index (χ2n) is 7.22. The van der Waals surface area contributed by atoms with Gasteiger partial charge in [-0.15, -0.1) is 11.3 Å². The zero-order valence-corrected chi connectivity index (χ0v) is 17.3. The van der Waals surface area contributed by atoms with Gasteiger partial charge in [0.2, 0.25) is 0 Å². The van der Waals surface area contributed by atoms with Crippen molar-refractivity contribution in [2.45, 2.75) is 26.3 Å². The summed E-state index contributed by atoms with van der Waals surface area (Å²) in [5.74, 6) is -0.0844. The highest BCUT2D eigenvalue weighted by Gasteiger charge is 2.32. The lowest BCUT2D eigenvalue weighted by molar-refractivity contribution is 0.102. The van der Waals surface area contributed by atoms with E-state index >= 15 is 0 Å². The van der Waals surface area contributed by atoms with Crippen LogP contribution in [-0.2, 0) is 9.84 Å². The Morgan fingerprint density at radius 3 is 2.57 bits per heavy atom. The minimum Gasteiger partial charge on any atom is -0.321 e. The largest absolute Gasteiger partial charge is 0.321 e. The zero-order valence-electron chi connectivity index (χ0n) is 15.7. The first-order valence-electron chi connectivity index (χ1n) is 9.04. The number of nitrogens with one attached hydrogen (secondary N) is 1. The van der Waals surface area contributed by atoms with E-state index in [4.69, 9.17) is 0 Å². The molecule has 0 aliphatic carbocycles. The van der Waals surface area contributed by atoms with Crippen LogP contribution in [0.5, 0.6) is 0 Å². The van der Waals surface area contributed by atoms with E-state index in [0.29, 0.717) is 6.42 Å². The lowest BCUT2D eigenvalue weighted by atomic mass is 10.1. The van der Waals surface area contributed by atoms with Crippen molar-refractivity contribution in [3.63, 3.8) is 0 Å². The number of thiophene rings is 1. The summed E-state index contributed by atoms with van der Waals surface area (Å²) in [6.07, 6.45) is 0.514. The maximum absolute atomic E-state index is 12.8. The molecule has 0 saturated carbocycles. The first-order valence-corrected chi connectivity index (χ1v) is 11.7. The molecule has 2 aromatic heterocycles. The second kappa shape index (κ2) is 7.18. The molecule has 1 fully saturated rings. The Hall–Kier alpha value is -2.45. The minimum absolute atomic E-state index is 0.0607. The van der Waals surface area contributed by atoms with E-state index in [1.54, 1.807) is 10.7 Å². The number of aromatic nitrogens is 2. The molecule has 1 N–H and O–H groups in total. The van der Waals surface area contributed by atoms with Crippen LogP contribution in [0.4, 0.5) is 5.69 Å². The van der Waals surface area contributed by atoms with Gasteiger partial charge in [0, 0.05) is 5.69 Å². The van der Waals surface area contributed by atoms with Crippen molar-refractivity contribution < 1.29 is 13.2 Å². The van der Waals surface area contributed by atoms with Gasteiger partial charge in [-0.25, -0.2) is 8.42 Å². The fourth-order valence-corrected chi connectivity index (χ4v) is 6.03. The first-order chi connectivity index (χ1) is 13.3. The SMILES string of the molecule is Cc1cc(C)cc(NC(=O)c2cc(-c3cccs3)n([C@H]3CCS(=O)(=O)C3)n2)c1. The van der Waals surface area contributed by atoms with Crippen LogP contribution >= 0.6 is 11.3 Å². The van der Waals surface area contributed by atoms with Crippen molar-refractivity contribution in [3.8, 4) is 10.6 Å². The Labute approximate surface area is 168 Å². The molecule has 1 atom stereocenters. The average molecular weight is 416 g/mol. The Morgan fingerprint density at radius 1 is 1.21 bits per heavy atom. The third-order valence-corrected chi connectivity index (χ3v) is 7.42. The van der Waals surface area contributed by atoms with E-state index < -0.39 is 9.84 Å². The van der Waals surface area contributed by atoms with Crippen molar-refractivity contribution in [1.29, 1.82) is 0 Å². The number of nitrogens with zero attached hydrogens (tertiary/aromatic N) is 2. The van der Waals surface area contributed by atoms with Crippen molar-refractivity contribution in [2.75, 3.05) is 16.8 Å². The number of rotatable bonds is 4. The van der Waals surface area contributed by atoms with Gasteiger partial charge in [0.05, 0.1) is 28.1 Å². The third-order valence-electron chi connectivity index (χ3n) is 4.78. The molecule has 146 valence electrons. The highest BCUT2D eigenvalue weighted by Crippen LogP contribution is 2.32. The van der Waals surface area contributed by atoms with Crippen LogP contribution < -0.4 is 5.32 Å². The molecule has 1 amide bonds. The van der Waals surface area contributed by atoms with Crippen LogP contribution in [0, 0.1) is 13.8 Å². The Balaban J connectivity index is 1.68. The van der Waals surface area contributed by atoms with Gasteiger partial charge in [0.15, 0.2) is 15.5 Å². The maximum Gasteiger partial charge on any atom is 0.276 e. The minimum atomic E-state index is -3.06. The number of carbonyl (C=O) groups excluding carboxylic acids is 1. The zero-order chi connectivity index (χ0) is 19.9. The fraction of sp³-hybridized carbons (Fsp3) is 0.300. The van der Waals surface area contributed by atoms with Gasteiger partial charge in [0.25, 0.3) is 5.91 Å². The van der Waals surface area contributed by atoms with Gasteiger partial charge in [-0.3, -0.25) is 9.48 Å². The lowest BCUT2D eigenvalue weighted by Crippen LogP contribution is -2.16. The molecule has 1 aliphatic heterocycles. The second-order valence-corrected chi connectivity index (χ2v) is 10.4. The summed E-state index contributed by atoms with van der Waals surface area (Å²) in [5.41, 5.74) is 3.92. The molecular weight excluding hydrogens is 394 g/mol. The predicted octanol–water partition coefficient (Wildman–Crippen LogP) is 3.84. The molecular formula is C20H21N3O3S2. The predicted molar refractivity (Wildman–Crippen MR) is 112 cm³/mol. The molecule has 3 aromatic rings. The summed E-state index contributed by atoms with van der Waals surface area (Å²) >= 11 is 1.54. The molecule has 1 saturated heterocycles. The number of aryl methyl sites for hydroxylation is 2. The van der Waals surface area contributed by atoms with E-state index in [2.05, 4.69) is 10.4 Å². The highest BCUT2D eigenvalue weighted by molar-refractivity contribution is 7.91. The van der Waals surface area contributed by atoms with Crippen LogP contribution in [0.25, 0.3) is 10.6 Å². The summed E-state index contributed by atoms with van der Waals surface area (Å²) < 4.78 is 25.6. The number of sulfone groups is 1. The molecule has 8 heteroatoms. The van der Waals surface area contributed by atoms with Crippen LogP contribution in [-0.4, -0.2) is 35.6 Å². The molecule has 6 nitrogen and oxygen atoms in total. The number of benzene rings is 1. The maximum atomic E-state index is 12.8. The van der Waals surface area contributed by atoms with Crippen LogP contribution in [0.3, 0.4) is 0 Å². The highest BCUT2D eigenvalue weighted by atomic mass is 32.2. The third kappa shape index (κ3) is 3.88. The molecule has 1 aliphatic rings. The van der Waals surface area contributed by atoms with Crippen molar-refractivity contribution >= 4 is 32.8 Å². The molecule has 0 spiro atoms. The fourth-order valence-electron chi connectivity index (χ4n) is 3.60. The summed E-state index contributed by atoms with van der Waals surface area (Å²) in [6, 6.07) is 11.2. The Bertz CT molecular complexity index is 1110. The standard InChI is InChI=1S/C20H21N3O3S2/c1-13-8-14(2)10-15(9-13)21-20(24)17-11-18(19-4-3-6-27-19)23(22-17)16-5-7-28(25,26)12-16/h3-4,6,8-11,16H,5,7,12H2,1-2H3,(H,21,24)/t16-/m0/s1. The molecule has 1 aromatic carbocycles.